The highest BCUT2D eigenvalue weighted by molar-refractivity contribution is 7.98. The van der Waals surface area contributed by atoms with Gasteiger partial charge in [-0.05, 0) is 12.1 Å². The van der Waals surface area contributed by atoms with Crippen LogP contribution in [0.3, 0.4) is 0 Å². The monoisotopic (exact) mass is 282 g/mol. The predicted molar refractivity (Wildman–Crippen MR) is 74.7 cm³/mol. The summed E-state index contributed by atoms with van der Waals surface area (Å²) in [6, 6.07) is 6.56. The molecule has 1 heterocycles. The number of nitrogens with zero attached hydrogens (tertiary/aromatic N) is 1. The van der Waals surface area contributed by atoms with E-state index in [0.717, 1.165) is 5.56 Å². The molecule has 0 fully saturated rings. The van der Waals surface area contributed by atoms with Gasteiger partial charge in [0.15, 0.2) is 5.16 Å². The van der Waals surface area contributed by atoms with Crippen LogP contribution in [0.1, 0.15) is 5.56 Å². The van der Waals surface area contributed by atoms with Crippen LogP contribution in [-0.2, 0) is 5.75 Å². The number of anilines is 2. The average Bonchev–Trinajstić information content (AvgIpc) is 2.27. The minimum absolute atomic E-state index is 0.188. The van der Waals surface area contributed by atoms with E-state index in [1.54, 1.807) is 18.2 Å². The lowest BCUT2D eigenvalue weighted by Gasteiger charge is -2.07. The molecule has 94 valence electrons. The molecule has 0 saturated heterocycles. The molecule has 0 atom stereocenters. The number of hydrogen-bond acceptors (Lipinski definition) is 5. The number of H-pyrrole nitrogens is 1. The van der Waals surface area contributed by atoms with E-state index in [1.165, 1.54) is 17.8 Å². The fourth-order valence-corrected chi connectivity index (χ4v) is 2.66. The van der Waals surface area contributed by atoms with Crippen molar-refractivity contribution in [3.8, 4) is 0 Å². The molecule has 5 nitrogen and oxygen atoms in total. The van der Waals surface area contributed by atoms with Gasteiger partial charge in [-0.1, -0.05) is 29.4 Å². The third-order valence-electron chi connectivity index (χ3n) is 2.25. The molecule has 0 radical (unpaired) electrons. The molecule has 0 saturated carbocycles. The molecule has 0 aliphatic rings. The van der Waals surface area contributed by atoms with Crippen molar-refractivity contribution in [1.82, 2.24) is 9.97 Å². The van der Waals surface area contributed by atoms with Crippen molar-refractivity contribution in [3.63, 3.8) is 0 Å². The zero-order valence-electron chi connectivity index (χ0n) is 9.31. The molecule has 0 spiro atoms. The summed E-state index contributed by atoms with van der Waals surface area (Å²) in [5.74, 6) is 0.700. The maximum Gasteiger partial charge on any atom is 0.253 e. The van der Waals surface area contributed by atoms with E-state index in [2.05, 4.69) is 9.97 Å². The second-order valence-electron chi connectivity index (χ2n) is 3.57. The van der Waals surface area contributed by atoms with Crippen LogP contribution in [0.5, 0.6) is 0 Å². The Balaban J connectivity index is 2.19. The first kappa shape index (κ1) is 12.8. The predicted octanol–water partition coefficient (Wildman–Crippen LogP) is 1.88. The van der Waals surface area contributed by atoms with Crippen molar-refractivity contribution in [3.05, 3.63) is 45.2 Å². The van der Waals surface area contributed by atoms with Gasteiger partial charge in [-0.2, -0.15) is 0 Å². The smallest absolute Gasteiger partial charge is 0.253 e. The Kier molecular flexibility index (Phi) is 3.78. The number of nitrogens with one attached hydrogen (secondary N) is 1. The van der Waals surface area contributed by atoms with Crippen molar-refractivity contribution in [2.75, 3.05) is 11.5 Å². The highest BCUT2D eigenvalue weighted by Crippen LogP contribution is 2.28. The molecule has 0 aliphatic carbocycles. The molecular weight excluding hydrogens is 272 g/mol. The van der Waals surface area contributed by atoms with Crippen LogP contribution in [-0.4, -0.2) is 9.97 Å². The van der Waals surface area contributed by atoms with E-state index in [0.29, 0.717) is 21.6 Å². The van der Waals surface area contributed by atoms with Crippen LogP contribution >= 0.6 is 23.4 Å². The van der Waals surface area contributed by atoms with Gasteiger partial charge < -0.3 is 16.5 Å². The first-order valence-corrected chi connectivity index (χ1v) is 6.45. The van der Waals surface area contributed by atoms with E-state index < -0.39 is 0 Å². The third kappa shape index (κ3) is 2.96. The number of thioether (sulfide) groups is 1. The Morgan fingerprint density at radius 2 is 2.17 bits per heavy atom. The minimum Gasteiger partial charge on any atom is -0.398 e. The Morgan fingerprint density at radius 1 is 1.39 bits per heavy atom. The normalized spacial score (nSPS) is 10.5. The second kappa shape index (κ2) is 5.32. The summed E-state index contributed by atoms with van der Waals surface area (Å²) in [6.45, 7) is 0. The number of benzene rings is 1. The number of aromatic nitrogens is 2. The van der Waals surface area contributed by atoms with E-state index in [-0.39, 0.29) is 11.4 Å². The van der Waals surface area contributed by atoms with E-state index >= 15 is 0 Å². The topological polar surface area (TPSA) is 97.8 Å². The van der Waals surface area contributed by atoms with Crippen LogP contribution in [0.4, 0.5) is 11.5 Å². The van der Waals surface area contributed by atoms with E-state index in [1.807, 2.05) is 0 Å². The van der Waals surface area contributed by atoms with Crippen LogP contribution in [0.15, 0.2) is 34.2 Å². The van der Waals surface area contributed by atoms with Gasteiger partial charge in [0.05, 0.1) is 0 Å². The molecule has 1 aromatic carbocycles. The summed E-state index contributed by atoms with van der Waals surface area (Å²) in [6.07, 6.45) is 0. The van der Waals surface area contributed by atoms with Gasteiger partial charge in [0, 0.05) is 28.1 Å². The Hall–Kier alpha value is -1.66. The zero-order valence-corrected chi connectivity index (χ0v) is 10.9. The maximum atomic E-state index is 11.2. The van der Waals surface area contributed by atoms with Crippen LogP contribution in [0.25, 0.3) is 0 Å². The zero-order chi connectivity index (χ0) is 13.1. The molecule has 7 heteroatoms. The van der Waals surface area contributed by atoms with E-state index in [9.17, 15) is 4.79 Å². The standard InChI is InChI=1S/C11H11ClN4OS/c12-7-2-1-3-8(13)6(7)5-18-11-15-9(14)4-10(17)16-11/h1-4H,5,13H2,(H3,14,15,16,17). The van der Waals surface area contributed by atoms with Gasteiger partial charge in [0.25, 0.3) is 5.56 Å². The van der Waals surface area contributed by atoms with Gasteiger partial charge in [-0.15, -0.1) is 0 Å². The Morgan fingerprint density at radius 3 is 2.83 bits per heavy atom. The van der Waals surface area contributed by atoms with Gasteiger partial charge in [-0.3, -0.25) is 4.79 Å². The summed E-state index contributed by atoms with van der Waals surface area (Å²) in [5.41, 5.74) is 12.5. The minimum atomic E-state index is -0.280. The van der Waals surface area contributed by atoms with Crippen LogP contribution in [0, 0.1) is 0 Å². The number of nitrogen functional groups attached to an aromatic ring is 2. The van der Waals surface area contributed by atoms with Crippen LogP contribution < -0.4 is 17.0 Å². The van der Waals surface area contributed by atoms with Crippen molar-refractivity contribution in [2.24, 2.45) is 0 Å². The quantitative estimate of drug-likeness (QED) is 0.454. The van der Waals surface area contributed by atoms with Gasteiger partial charge in [0.1, 0.15) is 5.82 Å². The van der Waals surface area contributed by atoms with Gasteiger partial charge >= 0.3 is 0 Å². The molecule has 1 aromatic heterocycles. The SMILES string of the molecule is Nc1cc(=O)[nH]c(SCc2c(N)cccc2Cl)n1. The van der Waals surface area contributed by atoms with Crippen molar-refractivity contribution >= 4 is 34.9 Å². The number of halogens is 1. The highest BCUT2D eigenvalue weighted by atomic mass is 35.5. The number of rotatable bonds is 3. The summed E-state index contributed by atoms with van der Waals surface area (Å²) in [7, 11) is 0. The molecule has 18 heavy (non-hydrogen) atoms. The largest absolute Gasteiger partial charge is 0.398 e. The first-order valence-electron chi connectivity index (χ1n) is 5.09. The molecule has 0 amide bonds. The maximum absolute atomic E-state index is 11.2. The Bertz CT molecular complexity index is 608. The van der Waals surface area contributed by atoms with Crippen molar-refractivity contribution < 1.29 is 0 Å². The van der Waals surface area contributed by atoms with Gasteiger partial charge in [0.2, 0.25) is 0 Å². The van der Waals surface area contributed by atoms with Gasteiger partial charge in [-0.25, -0.2) is 4.98 Å². The summed E-state index contributed by atoms with van der Waals surface area (Å²) >= 11 is 7.37. The van der Waals surface area contributed by atoms with E-state index in [4.69, 9.17) is 23.1 Å². The summed E-state index contributed by atoms with van der Waals surface area (Å²) in [5, 5.41) is 1.04. The molecular formula is C11H11ClN4OS. The average molecular weight is 283 g/mol. The molecule has 5 N–H and O–H groups in total. The van der Waals surface area contributed by atoms with Crippen molar-refractivity contribution in [1.29, 1.82) is 0 Å². The highest BCUT2D eigenvalue weighted by Gasteiger charge is 2.07. The molecule has 0 bridgehead atoms. The number of aromatic amines is 1. The fraction of sp³-hybridized carbons (Fsp3) is 0.0909. The fourth-order valence-electron chi connectivity index (χ4n) is 1.39. The lowest BCUT2D eigenvalue weighted by molar-refractivity contribution is 0.945. The lowest BCUT2D eigenvalue weighted by atomic mass is 10.2. The Labute approximate surface area is 113 Å². The molecule has 0 unspecified atom stereocenters. The molecule has 2 rings (SSSR count). The van der Waals surface area contributed by atoms with Crippen LogP contribution in [0.2, 0.25) is 5.02 Å². The number of hydrogen-bond donors (Lipinski definition) is 3. The lowest BCUT2D eigenvalue weighted by Crippen LogP contribution is -2.09. The molecule has 0 aliphatic heterocycles. The number of nitrogens with two attached hydrogens (primary N) is 2. The third-order valence-corrected chi connectivity index (χ3v) is 3.50. The summed E-state index contributed by atoms with van der Waals surface area (Å²) in [4.78, 5) is 17.8. The first-order chi connectivity index (χ1) is 8.56. The second-order valence-corrected chi connectivity index (χ2v) is 4.94. The summed E-state index contributed by atoms with van der Waals surface area (Å²) < 4.78 is 0. The molecule has 2 aromatic rings. The van der Waals surface area contributed by atoms with Crippen molar-refractivity contribution in [2.45, 2.75) is 10.9 Å².